The highest BCUT2D eigenvalue weighted by atomic mass is 127. The van der Waals surface area contributed by atoms with Gasteiger partial charge in [0.15, 0.2) is 0 Å². The van der Waals surface area contributed by atoms with Crippen molar-refractivity contribution in [2.45, 2.75) is 4.90 Å². The molecule has 0 saturated carbocycles. The molecule has 20 heavy (non-hydrogen) atoms. The molecular weight excluding hydrogens is 395 g/mol. The lowest BCUT2D eigenvalue weighted by Crippen LogP contribution is -2.14. The van der Waals surface area contributed by atoms with Gasteiger partial charge >= 0.3 is 10.1 Å². The number of rotatable bonds is 4. The van der Waals surface area contributed by atoms with Crippen LogP contribution in [0.25, 0.3) is 0 Å². The van der Waals surface area contributed by atoms with Crippen LogP contribution in [0.3, 0.4) is 0 Å². The van der Waals surface area contributed by atoms with Gasteiger partial charge in [0.25, 0.3) is 5.91 Å². The third kappa shape index (κ3) is 3.12. The van der Waals surface area contributed by atoms with Crippen molar-refractivity contribution in [1.82, 2.24) is 4.57 Å². The van der Waals surface area contributed by atoms with Crippen molar-refractivity contribution >= 4 is 38.6 Å². The van der Waals surface area contributed by atoms with Gasteiger partial charge in [-0.05, 0) is 52.9 Å². The summed E-state index contributed by atoms with van der Waals surface area (Å²) in [6, 6.07) is 7.75. The third-order valence-corrected chi connectivity index (χ3v) is 4.47. The van der Waals surface area contributed by atoms with Crippen molar-refractivity contribution in [2.24, 2.45) is 12.8 Å². The molecule has 0 fully saturated rings. The van der Waals surface area contributed by atoms with E-state index in [4.69, 9.17) is 9.92 Å². The van der Waals surface area contributed by atoms with E-state index in [9.17, 15) is 13.2 Å². The zero-order valence-corrected chi connectivity index (χ0v) is 13.4. The quantitative estimate of drug-likeness (QED) is 0.616. The fourth-order valence-corrected chi connectivity index (χ4v) is 2.94. The van der Waals surface area contributed by atoms with E-state index in [-0.39, 0.29) is 16.3 Å². The Morgan fingerprint density at radius 1 is 1.30 bits per heavy atom. The van der Waals surface area contributed by atoms with Crippen molar-refractivity contribution in [3.8, 4) is 5.75 Å². The molecule has 0 bridgehead atoms. The summed E-state index contributed by atoms with van der Waals surface area (Å²) in [4.78, 5) is 11.0. The molecule has 0 spiro atoms. The van der Waals surface area contributed by atoms with E-state index in [2.05, 4.69) is 22.6 Å². The van der Waals surface area contributed by atoms with E-state index >= 15 is 0 Å². The molecule has 0 saturated heterocycles. The monoisotopic (exact) mass is 406 g/mol. The fraction of sp³-hybridized carbons (Fsp3) is 0.0833. The Morgan fingerprint density at radius 3 is 2.40 bits per heavy atom. The molecule has 1 aromatic carbocycles. The number of primary amides is 1. The molecule has 0 aliphatic rings. The first-order chi connectivity index (χ1) is 9.29. The van der Waals surface area contributed by atoms with E-state index in [1.54, 1.807) is 24.3 Å². The van der Waals surface area contributed by atoms with Gasteiger partial charge in [-0.25, -0.2) is 0 Å². The number of nitrogens with two attached hydrogens (primary N) is 1. The van der Waals surface area contributed by atoms with E-state index in [1.165, 1.54) is 23.9 Å². The predicted octanol–water partition coefficient (Wildman–Crippen LogP) is 1.50. The van der Waals surface area contributed by atoms with Crippen LogP contribution in [0.1, 0.15) is 10.5 Å². The molecule has 0 radical (unpaired) electrons. The van der Waals surface area contributed by atoms with Gasteiger partial charge < -0.3 is 14.5 Å². The minimum atomic E-state index is -3.99. The van der Waals surface area contributed by atoms with E-state index in [0.29, 0.717) is 0 Å². The summed E-state index contributed by atoms with van der Waals surface area (Å²) in [6.07, 6.45) is 1.28. The second-order valence-corrected chi connectivity index (χ2v) is 6.82. The van der Waals surface area contributed by atoms with E-state index in [1.807, 2.05) is 0 Å². The maximum Gasteiger partial charge on any atom is 0.340 e. The average Bonchev–Trinajstić information content (AvgIpc) is 2.75. The number of amides is 1. The molecule has 1 aromatic heterocycles. The number of carbonyl (C=O) groups is 1. The van der Waals surface area contributed by atoms with Crippen molar-refractivity contribution in [3.05, 3.63) is 45.8 Å². The van der Waals surface area contributed by atoms with Gasteiger partial charge in [-0.3, -0.25) is 4.79 Å². The van der Waals surface area contributed by atoms with Crippen LogP contribution in [-0.2, 0) is 17.2 Å². The first-order valence-electron chi connectivity index (χ1n) is 5.46. The number of aromatic nitrogens is 1. The molecule has 0 unspecified atom stereocenters. The number of benzene rings is 1. The molecular formula is C12H11IN2O4S. The summed E-state index contributed by atoms with van der Waals surface area (Å²) in [7, 11) is -2.46. The maximum absolute atomic E-state index is 12.1. The summed E-state index contributed by atoms with van der Waals surface area (Å²) in [5, 5.41) is 0. The lowest BCUT2D eigenvalue weighted by Gasteiger charge is -2.05. The van der Waals surface area contributed by atoms with Gasteiger partial charge in [-0.2, -0.15) is 8.42 Å². The summed E-state index contributed by atoms with van der Waals surface area (Å²) >= 11 is 2.10. The van der Waals surface area contributed by atoms with Gasteiger partial charge in [0.2, 0.25) is 0 Å². The topological polar surface area (TPSA) is 91.4 Å². The highest BCUT2D eigenvalue weighted by molar-refractivity contribution is 14.1. The fourth-order valence-electron chi connectivity index (χ4n) is 1.58. The Hall–Kier alpha value is -1.55. The number of hydrogen-bond acceptors (Lipinski definition) is 4. The Morgan fingerprint density at radius 2 is 1.90 bits per heavy atom. The number of hydrogen-bond donors (Lipinski definition) is 1. The molecule has 2 rings (SSSR count). The Bertz CT molecular complexity index is 750. The lowest BCUT2D eigenvalue weighted by atomic mass is 10.3. The van der Waals surface area contributed by atoms with Crippen LogP contribution < -0.4 is 9.92 Å². The van der Waals surface area contributed by atoms with Crippen LogP contribution in [0.5, 0.6) is 5.75 Å². The molecule has 2 aromatic rings. The first-order valence-corrected chi connectivity index (χ1v) is 7.94. The smallest absolute Gasteiger partial charge is 0.340 e. The summed E-state index contributed by atoms with van der Waals surface area (Å²) < 4.78 is 31.5. The lowest BCUT2D eigenvalue weighted by molar-refractivity contribution is 0.0992. The van der Waals surface area contributed by atoms with Crippen LogP contribution in [0.15, 0.2) is 41.4 Å². The summed E-state index contributed by atoms with van der Waals surface area (Å²) in [5.74, 6) is -0.502. The number of aryl methyl sites for hydroxylation is 1. The molecule has 106 valence electrons. The molecule has 6 nitrogen and oxygen atoms in total. The summed E-state index contributed by atoms with van der Waals surface area (Å²) in [6.45, 7) is 0. The van der Waals surface area contributed by atoms with Gasteiger partial charge in [-0.15, -0.1) is 0 Å². The maximum atomic E-state index is 12.1. The van der Waals surface area contributed by atoms with Crippen LogP contribution in [0, 0.1) is 3.57 Å². The Balaban J connectivity index is 2.33. The summed E-state index contributed by atoms with van der Waals surface area (Å²) in [5.41, 5.74) is 5.24. The first kappa shape index (κ1) is 14.9. The highest BCUT2D eigenvalue weighted by Gasteiger charge is 2.21. The minimum Gasteiger partial charge on any atom is -0.379 e. The zero-order chi connectivity index (χ0) is 14.9. The van der Waals surface area contributed by atoms with Crippen molar-refractivity contribution in [1.29, 1.82) is 0 Å². The normalized spacial score (nSPS) is 11.3. The van der Waals surface area contributed by atoms with Crippen molar-refractivity contribution in [3.63, 3.8) is 0 Å². The third-order valence-electron chi connectivity index (χ3n) is 2.54. The second kappa shape index (κ2) is 5.44. The number of halogens is 1. The Kier molecular flexibility index (Phi) is 4.04. The molecule has 1 heterocycles. The zero-order valence-electron chi connectivity index (χ0n) is 10.4. The number of nitrogens with zero attached hydrogens (tertiary/aromatic N) is 1. The van der Waals surface area contributed by atoms with Gasteiger partial charge in [0, 0.05) is 16.8 Å². The molecule has 1 amide bonds. The molecule has 8 heteroatoms. The minimum absolute atomic E-state index is 0.0924. The molecule has 2 N–H and O–H groups in total. The molecule has 0 aliphatic heterocycles. The molecule has 0 aliphatic carbocycles. The highest BCUT2D eigenvalue weighted by Crippen LogP contribution is 2.21. The number of carbonyl (C=O) groups excluding carboxylic acids is 1. The van der Waals surface area contributed by atoms with Crippen molar-refractivity contribution < 1.29 is 17.4 Å². The van der Waals surface area contributed by atoms with Gasteiger partial charge in [0.05, 0.1) is 0 Å². The van der Waals surface area contributed by atoms with Crippen LogP contribution >= 0.6 is 22.6 Å². The van der Waals surface area contributed by atoms with Crippen molar-refractivity contribution in [2.75, 3.05) is 0 Å². The largest absolute Gasteiger partial charge is 0.379 e. The van der Waals surface area contributed by atoms with Crippen LogP contribution in [0.4, 0.5) is 0 Å². The Labute approximate surface area is 129 Å². The van der Waals surface area contributed by atoms with Gasteiger partial charge in [-0.1, -0.05) is 0 Å². The predicted molar refractivity (Wildman–Crippen MR) is 80.9 cm³/mol. The average molecular weight is 406 g/mol. The van der Waals surface area contributed by atoms with Crippen LogP contribution in [-0.4, -0.2) is 18.9 Å². The van der Waals surface area contributed by atoms with Crippen LogP contribution in [0.2, 0.25) is 0 Å². The van der Waals surface area contributed by atoms with Gasteiger partial charge in [0.1, 0.15) is 16.3 Å². The molecule has 0 atom stereocenters. The standard InChI is InChI=1S/C12H11IN2O4S/c1-15-7-10(6-11(15)12(14)16)20(17,18)19-9-4-2-8(13)3-5-9/h2-7H,1H3,(H2,14,16). The second-order valence-electron chi connectivity index (χ2n) is 4.03. The van der Waals surface area contributed by atoms with E-state index in [0.717, 1.165) is 3.57 Å². The van der Waals surface area contributed by atoms with E-state index < -0.39 is 16.0 Å². The SMILES string of the molecule is Cn1cc(S(=O)(=O)Oc2ccc(I)cc2)cc1C(N)=O.